The van der Waals surface area contributed by atoms with Crippen molar-refractivity contribution in [1.29, 1.82) is 0 Å². The van der Waals surface area contributed by atoms with Gasteiger partial charge in [0.25, 0.3) is 0 Å². The lowest BCUT2D eigenvalue weighted by Crippen LogP contribution is -2.22. The van der Waals surface area contributed by atoms with E-state index in [9.17, 15) is 0 Å². The maximum Gasteiger partial charge on any atom is 0.179 e. The molecule has 1 aromatic rings. The molecule has 0 unspecified atom stereocenters. The molecule has 6 heteroatoms. The third kappa shape index (κ3) is 4.80. The average Bonchev–Trinajstić information content (AvgIpc) is 2.40. The van der Waals surface area contributed by atoms with Crippen molar-refractivity contribution >= 4 is 39.9 Å². The van der Waals surface area contributed by atoms with E-state index in [0.29, 0.717) is 6.73 Å². The fourth-order valence-electron chi connectivity index (χ4n) is 0.983. The van der Waals surface area contributed by atoms with Gasteiger partial charge in [-0.1, -0.05) is 19.6 Å². The molecule has 0 aliphatic carbocycles. The molecule has 0 saturated heterocycles. The van der Waals surface area contributed by atoms with E-state index in [4.69, 9.17) is 4.74 Å². The maximum atomic E-state index is 5.61. The molecule has 1 heterocycles. The van der Waals surface area contributed by atoms with E-state index in [2.05, 4.69) is 56.5 Å². The lowest BCUT2D eigenvalue weighted by atomic mass is 10.8. The summed E-state index contributed by atoms with van der Waals surface area (Å²) in [7, 11) is -0.980. The van der Waals surface area contributed by atoms with Crippen molar-refractivity contribution in [3.63, 3.8) is 0 Å². The molecular weight excluding hydrogens is 340 g/mol. The molecular formula is C9H16Br2N2OSi. The molecule has 0 aliphatic heterocycles. The van der Waals surface area contributed by atoms with Crippen LogP contribution in [0, 0.1) is 0 Å². The second kappa shape index (κ2) is 5.61. The van der Waals surface area contributed by atoms with Gasteiger partial charge in [0, 0.05) is 14.7 Å². The number of nitrogens with zero attached hydrogens (tertiary/aromatic N) is 2. The third-order valence-electron chi connectivity index (χ3n) is 1.97. The zero-order valence-corrected chi connectivity index (χ0v) is 13.4. The Morgan fingerprint density at radius 2 is 2.07 bits per heavy atom. The van der Waals surface area contributed by atoms with Crippen LogP contribution >= 0.6 is 31.9 Å². The fourth-order valence-corrected chi connectivity index (χ4v) is 2.75. The van der Waals surface area contributed by atoms with Crippen LogP contribution in [0.25, 0.3) is 0 Å². The Kier molecular flexibility index (Phi) is 5.01. The van der Waals surface area contributed by atoms with Gasteiger partial charge in [0.1, 0.15) is 11.3 Å². The number of aromatic nitrogens is 2. The van der Waals surface area contributed by atoms with Gasteiger partial charge in [-0.2, -0.15) is 0 Å². The van der Waals surface area contributed by atoms with Crippen molar-refractivity contribution in [2.75, 3.05) is 6.61 Å². The summed E-state index contributed by atoms with van der Waals surface area (Å²) in [6.45, 7) is 8.41. The molecule has 0 aromatic carbocycles. The van der Waals surface area contributed by atoms with Gasteiger partial charge in [-0.25, -0.2) is 4.98 Å². The molecule has 1 aromatic heterocycles. The van der Waals surface area contributed by atoms with Crippen molar-refractivity contribution in [3.05, 3.63) is 15.5 Å². The van der Waals surface area contributed by atoms with Crippen molar-refractivity contribution < 1.29 is 4.74 Å². The number of imidazole rings is 1. The van der Waals surface area contributed by atoms with Crippen LogP contribution in [0.3, 0.4) is 0 Å². The quantitative estimate of drug-likeness (QED) is 0.594. The summed E-state index contributed by atoms with van der Waals surface area (Å²) in [6, 6.07) is 1.19. The van der Waals surface area contributed by atoms with E-state index in [-0.39, 0.29) is 0 Å². The van der Waals surface area contributed by atoms with Crippen LogP contribution in [0.2, 0.25) is 25.7 Å². The summed E-state index contributed by atoms with van der Waals surface area (Å²) in [5.74, 6) is 0. The Labute approximate surface area is 108 Å². The Bertz CT molecular complexity index is 303. The zero-order chi connectivity index (χ0) is 11.5. The lowest BCUT2D eigenvalue weighted by Gasteiger charge is -2.15. The molecule has 0 bridgehead atoms. The minimum absolute atomic E-state index is 0.547. The van der Waals surface area contributed by atoms with Crippen molar-refractivity contribution in [1.82, 2.24) is 9.55 Å². The number of halogens is 2. The molecule has 1 rings (SSSR count). The minimum atomic E-state index is -0.980. The average molecular weight is 356 g/mol. The zero-order valence-electron chi connectivity index (χ0n) is 9.26. The SMILES string of the molecule is C[Si](C)(C)CCOCn1c(Br)cnc1Br. The summed E-state index contributed by atoms with van der Waals surface area (Å²) in [5.41, 5.74) is 0. The van der Waals surface area contributed by atoms with E-state index >= 15 is 0 Å². The molecule has 0 saturated carbocycles. The molecule has 0 fully saturated rings. The number of rotatable bonds is 5. The van der Waals surface area contributed by atoms with Gasteiger partial charge in [0.15, 0.2) is 4.73 Å². The highest BCUT2D eigenvalue weighted by molar-refractivity contribution is 9.11. The Balaban J connectivity index is 2.32. The topological polar surface area (TPSA) is 27.1 Å². The van der Waals surface area contributed by atoms with Gasteiger partial charge in [0.05, 0.1) is 6.20 Å². The third-order valence-corrected chi connectivity index (χ3v) is 4.94. The fraction of sp³-hybridized carbons (Fsp3) is 0.667. The van der Waals surface area contributed by atoms with Crippen LogP contribution in [0.4, 0.5) is 0 Å². The first-order valence-electron chi connectivity index (χ1n) is 4.84. The molecule has 0 radical (unpaired) electrons. The Morgan fingerprint density at radius 1 is 1.40 bits per heavy atom. The second-order valence-corrected chi connectivity index (χ2v) is 11.8. The molecule has 86 valence electrons. The Morgan fingerprint density at radius 3 is 2.53 bits per heavy atom. The summed E-state index contributed by atoms with van der Waals surface area (Å²) in [4.78, 5) is 4.11. The minimum Gasteiger partial charge on any atom is -0.361 e. The van der Waals surface area contributed by atoms with Crippen LogP contribution < -0.4 is 0 Å². The van der Waals surface area contributed by atoms with Gasteiger partial charge in [-0.15, -0.1) is 0 Å². The highest BCUT2D eigenvalue weighted by Crippen LogP contribution is 2.17. The van der Waals surface area contributed by atoms with E-state index in [0.717, 1.165) is 15.9 Å². The van der Waals surface area contributed by atoms with Gasteiger partial charge >= 0.3 is 0 Å². The van der Waals surface area contributed by atoms with E-state index in [1.807, 2.05) is 4.57 Å². The molecule has 0 aliphatic rings. The first kappa shape index (κ1) is 13.4. The first-order chi connectivity index (χ1) is 6.90. The lowest BCUT2D eigenvalue weighted by molar-refractivity contribution is 0.0842. The highest BCUT2D eigenvalue weighted by Gasteiger charge is 2.12. The molecule has 0 N–H and O–H groups in total. The van der Waals surface area contributed by atoms with E-state index in [1.54, 1.807) is 6.20 Å². The van der Waals surface area contributed by atoms with Crippen LogP contribution in [-0.4, -0.2) is 24.2 Å². The van der Waals surface area contributed by atoms with Crippen LogP contribution in [-0.2, 0) is 11.5 Å². The number of ether oxygens (including phenoxy) is 1. The van der Waals surface area contributed by atoms with Crippen molar-refractivity contribution in [3.8, 4) is 0 Å². The highest BCUT2D eigenvalue weighted by atomic mass is 79.9. The smallest absolute Gasteiger partial charge is 0.179 e. The van der Waals surface area contributed by atoms with Crippen molar-refractivity contribution in [2.45, 2.75) is 32.4 Å². The maximum absolute atomic E-state index is 5.61. The van der Waals surface area contributed by atoms with Crippen LogP contribution in [0.1, 0.15) is 0 Å². The standard InChI is InChI=1S/C9H16Br2N2OSi/c1-15(2,3)5-4-14-7-13-8(10)6-12-9(13)11/h6H,4-5,7H2,1-3H3. The second-order valence-electron chi connectivity index (χ2n) is 4.63. The van der Waals surface area contributed by atoms with Crippen LogP contribution in [0.5, 0.6) is 0 Å². The van der Waals surface area contributed by atoms with Gasteiger partial charge in [-0.05, 0) is 37.9 Å². The summed E-state index contributed by atoms with van der Waals surface area (Å²) in [6.07, 6.45) is 1.76. The molecule has 0 atom stereocenters. The number of hydrogen-bond donors (Lipinski definition) is 0. The summed E-state index contributed by atoms with van der Waals surface area (Å²) >= 11 is 6.77. The van der Waals surface area contributed by atoms with E-state index in [1.165, 1.54) is 6.04 Å². The van der Waals surface area contributed by atoms with Gasteiger partial charge in [0.2, 0.25) is 0 Å². The van der Waals surface area contributed by atoms with Gasteiger partial charge < -0.3 is 4.74 Å². The monoisotopic (exact) mass is 354 g/mol. The summed E-state index contributed by atoms with van der Waals surface area (Å²) in [5, 5.41) is 0. The van der Waals surface area contributed by atoms with Crippen molar-refractivity contribution in [2.24, 2.45) is 0 Å². The number of hydrogen-bond acceptors (Lipinski definition) is 2. The van der Waals surface area contributed by atoms with E-state index < -0.39 is 8.07 Å². The predicted octanol–water partition coefficient (Wildman–Crippen LogP) is 3.72. The molecule has 0 amide bonds. The first-order valence-corrected chi connectivity index (χ1v) is 10.1. The molecule has 15 heavy (non-hydrogen) atoms. The molecule has 3 nitrogen and oxygen atoms in total. The largest absolute Gasteiger partial charge is 0.361 e. The summed E-state index contributed by atoms with van der Waals surface area (Å²) < 4.78 is 9.27. The van der Waals surface area contributed by atoms with Crippen LogP contribution in [0.15, 0.2) is 15.5 Å². The normalized spacial score (nSPS) is 12.1. The molecule has 0 spiro atoms. The Hall–Kier alpha value is 0.347. The van der Waals surface area contributed by atoms with Gasteiger partial charge in [-0.3, -0.25) is 4.57 Å². The predicted molar refractivity (Wildman–Crippen MR) is 71.7 cm³/mol.